The normalized spacial score (nSPS) is 20.0. The van der Waals surface area contributed by atoms with Crippen molar-refractivity contribution in [2.75, 3.05) is 17.2 Å². The van der Waals surface area contributed by atoms with E-state index in [1.807, 2.05) is 32.0 Å². The van der Waals surface area contributed by atoms with Crippen molar-refractivity contribution >= 4 is 17.3 Å². The van der Waals surface area contributed by atoms with Gasteiger partial charge >= 0.3 is 0 Å². The molecule has 0 spiro atoms. The maximum Gasteiger partial charge on any atom is 0.264 e. The number of nitrogens with zero attached hydrogens (tertiary/aromatic N) is 2. The Morgan fingerprint density at radius 2 is 2.13 bits per heavy atom. The summed E-state index contributed by atoms with van der Waals surface area (Å²) in [5.74, 6) is -0.301. The van der Waals surface area contributed by atoms with Gasteiger partial charge in [0.1, 0.15) is 0 Å². The first kappa shape index (κ1) is 15.5. The lowest BCUT2D eigenvalue weighted by atomic mass is 9.89. The number of nitrogen functional groups attached to an aromatic ring is 1. The molecule has 2 heterocycles. The molecular weight excluding hydrogens is 290 g/mol. The first-order chi connectivity index (χ1) is 11.0. The van der Waals surface area contributed by atoms with Crippen molar-refractivity contribution in [2.45, 2.75) is 32.3 Å². The first-order valence-corrected chi connectivity index (χ1v) is 7.82. The zero-order valence-corrected chi connectivity index (χ0v) is 13.4. The Labute approximate surface area is 135 Å². The summed E-state index contributed by atoms with van der Waals surface area (Å²) in [5, 5.41) is 11.2. The average Bonchev–Trinajstić information content (AvgIpc) is 2.72. The number of amides is 1. The van der Waals surface area contributed by atoms with Crippen LogP contribution >= 0.6 is 0 Å². The van der Waals surface area contributed by atoms with Crippen LogP contribution in [0.15, 0.2) is 36.5 Å². The van der Waals surface area contributed by atoms with Crippen LogP contribution < -0.4 is 10.6 Å². The predicted molar refractivity (Wildman–Crippen MR) is 90.1 cm³/mol. The molecule has 5 nitrogen and oxygen atoms in total. The number of aryl methyl sites for hydroxylation is 1. The molecule has 1 aromatic heterocycles. The minimum absolute atomic E-state index is 0.0785. The number of hydrogen-bond acceptors (Lipinski definition) is 4. The number of nitrogens with two attached hydrogens (primary N) is 1. The maximum absolute atomic E-state index is 12.9. The van der Waals surface area contributed by atoms with E-state index < -0.39 is 5.60 Å². The van der Waals surface area contributed by atoms with Gasteiger partial charge in [-0.15, -0.1) is 0 Å². The van der Waals surface area contributed by atoms with E-state index >= 15 is 0 Å². The van der Waals surface area contributed by atoms with Crippen molar-refractivity contribution in [3.63, 3.8) is 0 Å². The number of rotatable bonds is 4. The summed E-state index contributed by atoms with van der Waals surface area (Å²) >= 11 is 0. The van der Waals surface area contributed by atoms with Crippen LogP contribution in [0.5, 0.6) is 0 Å². The highest BCUT2D eigenvalue weighted by Gasteiger charge is 2.49. The Hall–Kier alpha value is -2.40. The summed E-state index contributed by atoms with van der Waals surface area (Å²) in [4.78, 5) is 18.8. The monoisotopic (exact) mass is 311 g/mol. The molecule has 23 heavy (non-hydrogen) atoms. The molecular formula is C18H21N3O2. The van der Waals surface area contributed by atoms with Gasteiger partial charge in [-0.25, -0.2) is 0 Å². The SMILES string of the molecule is CCCN1C(=O)C(O)(Cc2ncccc2N)c2cc(C)ccc21. The molecule has 2 aromatic rings. The van der Waals surface area contributed by atoms with Gasteiger partial charge in [-0.1, -0.05) is 24.6 Å². The predicted octanol–water partition coefficient (Wildman–Crippen LogP) is 2.16. The van der Waals surface area contributed by atoms with Crippen molar-refractivity contribution in [1.82, 2.24) is 4.98 Å². The molecule has 1 aliphatic rings. The molecule has 1 aliphatic heterocycles. The Kier molecular flexibility index (Phi) is 3.82. The Bertz CT molecular complexity index is 760. The molecule has 3 rings (SSSR count). The highest BCUT2D eigenvalue weighted by Crippen LogP contribution is 2.43. The van der Waals surface area contributed by atoms with E-state index in [0.717, 1.165) is 17.7 Å². The van der Waals surface area contributed by atoms with Gasteiger partial charge < -0.3 is 15.7 Å². The van der Waals surface area contributed by atoms with Gasteiger partial charge in [-0.2, -0.15) is 0 Å². The van der Waals surface area contributed by atoms with E-state index in [-0.39, 0.29) is 12.3 Å². The summed E-state index contributed by atoms with van der Waals surface area (Å²) in [5.41, 5.74) is 7.77. The number of carbonyl (C=O) groups is 1. The summed E-state index contributed by atoms with van der Waals surface area (Å²) < 4.78 is 0. The Morgan fingerprint density at radius 1 is 1.35 bits per heavy atom. The van der Waals surface area contributed by atoms with Crippen LogP contribution in [0, 0.1) is 6.92 Å². The second kappa shape index (κ2) is 5.66. The highest BCUT2D eigenvalue weighted by molar-refractivity contribution is 6.07. The minimum atomic E-state index is -1.61. The Morgan fingerprint density at radius 3 is 2.83 bits per heavy atom. The Balaban J connectivity index is 2.09. The van der Waals surface area contributed by atoms with Crippen LogP contribution in [0.1, 0.15) is 30.2 Å². The summed E-state index contributed by atoms with van der Waals surface area (Å²) in [7, 11) is 0. The average molecular weight is 311 g/mol. The van der Waals surface area contributed by atoms with Crippen LogP contribution in [0.4, 0.5) is 11.4 Å². The lowest BCUT2D eigenvalue weighted by Gasteiger charge is -2.23. The van der Waals surface area contributed by atoms with Crippen LogP contribution in [0.2, 0.25) is 0 Å². The number of aromatic nitrogens is 1. The molecule has 0 radical (unpaired) electrons. The number of benzene rings is 1. The second-order valence-corrected chi connectivity index (χ2v) is 6.05. The molecule has 1 atom stereocenters. The zero-order chi connectivity index (χ0) is 16.6. The number of aliphatic hydroxyl groups is 1. The molecule has 3 N–H and O–H groups in total. The molecule has 1 unspecified atom stereocenters. The standard InChI is InChI=1S/C18H21N3O2/c1-3-9-21-16-7-6-12(2)10-13(16)18(23,17(21)22)11-15-14(19)5-4-8-20-15/h4-8,10,23H,3,9,11,19H2,1-2H3. The minimum Gasteiger partial charge on any atom is -0.397 e. The third kappa shape index (κ3) is 2.47. The zero-order valence-electron chi connectivity index (χ0n) is 13.4. The summed E-state index contributed by atoms with van der Waals surface area (Å²) in [6.45, 7) is 4.53. The molecule has 1 amide bonds. The molecule has 0 aliphatic carbocycles. The lowest BCUT2D eigenvalue weighted by molar-refractivity contribution is -0.136. The van der Waals surface area contributed by atoms with Crippen molar-refractivity contribution in [1.29, 1.82) is 0 Å². The van der Waals surface area contributed by atoms with E-state index in [1.54, 1.807) is 23.2 Å². The topological polar surface area (TPSA) is 79.5 Å². The van der Waals surface area contributed by atoms with Gasteiger partial charge in [0.25, 0.3) is 5.91 Å². The van der Waals surface area contributed by atoms with E-state index in [1.165, 1.54) is 0 Å². The molecule has 0 fully saturated rings. The van der Waals surface area contributed by atoms with Crippen molar-refractivity contribution in [2.24, 2.45) is 0 Å². The lowest BCUT2D eigenvalue weighted by Crippen LogP contribution is -2.42. The van der Waals surface area contributed by atoms with Crippen LogP contribution in [-0.4, -0.2) is 22.5 Å². The second-order valence-electron chi connectivity index (χ2n) is 6.05. The molecule has 120 valence electrons. The smallest absolute Gasteiger partial charge is 0.264 e. The van der Waals surface area contributed by atoms with Gasteiger partial charge in [0.15, 0.2) is 5.60 Å². The van der Waals surface area contributed by atoms with Gasteiger partial charge in [-0.3, -0.25) is 9.78 Å². The molecule has 0 saturated heterocycles. The largest absolute Gasteiger partial charge is 0.397 e. The van der Waals surface area contributed by atoms with Gasteiger partial charge in [0.2, 0.25) is 0 Å². The van der Waals surface area contributed by atoms with E-state index in [4.69, 9.17) is 5.73 Å². The summed E-state index contributed by atoms with van der Waals surface area (Å²) in [6.07, 6.45) is 2.52. The molecule has 0 saturated carbocycles. The number of anilines is 2. The number of carbonyl (C=O) groups excluding carboxylic acids is 1. The third-order valence-corrected chi connectivity index (χ3v) is 4.28. The van der Waals surface area contributed by atoms with Gasteiger partial charge in [0.05, 0.1) is 17.1 Å². The van der Waals surface area contributed by atoms with E-state index in [2.05, 4.69) is 4.98 Å². The fourth-order valence-electron chi connectivity index (χ4n) is 3.12. The van der Waals surface area contributed by atoms with Crippen LogP contribution in [0.3, 0.4) is 0 Å². The van der Waals surface area contributed by atoms with Crippen molar-refractivity contribution in [3.05, 3.63) is 53.3 Å². The number of fused-ring (bicyclic) bond motifs is 1. The van der Waals surface area contributed by atoms with Crippen LogP contribution in [0.25, 0.3) is 0 Å². The van der Waals surface area contributed by atoms with E-state index in [0.29, 0.717) is 23.5 Å². The maximum atomic E-state index is 12.9. The van der Waals surface area contributed by atoms with E-state index in [9.17, 15) is 9.90 Å². The van der Waals surface area contributed by atoms with Crippen LogP contribution in [-0.2, 0) is 16.8 Å². The summed E-state index contributed by atoms with van der Waals surface area (Å²) in [6, 6.07) is 9.20. The molecule has 0 bridgehead atoms. The van der Waals surface area contributed by atoms with Crippen molar-refractivity contribution < 1.29 is 9.90 Å². The van der Waals surface area contributed by atoms with Gasteiger partial charge in [-0.05, 0) is 31.5 Å². The fraction of sp³-hybridized carbons (Fsp3) is 0.333. The third-order valence-electron chi connectivity index (χ3n) is 4.28. The van der Waals surface area contributed by atoms with Crippen molar-refractivity contribution in [3.8, 4) is 0 Å². The quantitative estimate of drug-likeness (QED) is 0.907. The number of hydrogen-bond donors (Lipinski definition) is 2. The molecule has 1 aromatic carbocycles. The van der Waals surface area contributed by atoms with Gasteiger partial charge in [0, 0.05) is 24.7 Å². The fourth-order valence-corrected chi connectivity index (χ4v) is 3.12. The first-order valence-electron chi connectivity index (χ1n) is 7.82. The molecule has 5 heteroatoms. The highest BCUT2D eigenvalue weighted by atomic mass is 16.3. The number of pyridine rings is 1.